The largest absolute Gasteiger partial charge is 0.452 e. The highest BCUT2D eigenvalue weighted by molar-refractivity contribution is 5.98. The van der Waals surface area contributed by atoms with E-state index >= 15 is 0 Å². The van der Waals surface area contributed by atoms with Gasteiger partial charge in [-0.25, -0.2) is 9.59 Å². The minimum absolute atomic E-state index is 0.136. The molecule has 2 N–H and O–H groups in total. The van der Waals surface area contributed by atoms with Crippen LogP contribution in [0.1, 0.15) is 17.3 Å². The van der Waals surface area contributed by atoms with Crippen LogP contribution in [0.5, 0.6) is 0 Å². The fraction of sp³-hybridized carbons (Fsp3) is 0.167. The van der Waals surface area contributed by atoms with E-state index in [1.165, 1.54) is 0 Å². The average Bonchev–Trinajstić information content (AvgIpc) is 2.61. The quantitative estimate of drug-likeness (QED) is 0.784. The molecule has 2 aromatic carbocycles. The summed E-state index contributed by atoms with van der Waals surface area (Å²) >= 11 is 0. The van der Waals surface area contributed by atoms with Gasteiger partial charge in [0, 0.05) is 5.69 Å². The maximum atomic E-state index is 12.2. The Morgan fingerprint density at radius 2 is 1.60 bits per heavy atom. The number of hydrogen-bond donors (Lipinski definition) is 2. The maximum absolute atomic E-state index is 12.2. The van der Waals surface area contributed by atoms with Crippen LogP contribution in [0.25, 0.3) is 0 Å². The van der Waals surface area contributed by atoms with Crippen molar-refractivity contribution in [3.05, 3.63) is 60.2 Å². The smallest absolute Gasteiger partial charge is 0.413 e. The zero-order chi connectivity index (χ0) is 18.1. The van der Waals surface area contributed by atoms with Gasteiger partial charge in [0.1, 0.15) is 0 Å². The van der Waals surface area contributed by atoms with E-state index in [2.05, 4.69) is 10.1 Å². The SMILES string of the molecule is CCOC(=O)NC(=O)COC(=O)c1ccccc1Nc1ccccc1. The minimum atomic E-state index is -0.880. The molecule has 7 nitrogen and oxygen atoms in total. The molecule has 2 aromatic rings. The van der Waals surface area contributed by atoms with Crippen molar-refractivity contribution >= 4 is 29.3 Å². The Labute approximate surface area is 144 Å². The molecule has 0 unspecified atom stereocenters. The Kier molecular flexibility index (Phi) is 6.53. The van der Waals surface area contributed by atoms with Crippen molar-refractivity contribution in [3.8, 4) is 0 Å². The number of amides is 2. The molecule has 0 saturated heterocycles. The van der Waals surface area contributed by atoms with Crippen LogP contribution in [0.3, 0.4) is 0 Å². The molecule has 0 bridgehead atoms. The Morgan fingerprint density at radius 1 is 0.920 bits per heavy atom. The standard InChI is InChI=1S/C18H18N2O5/c1-2-24-18(23)20-16(21)12-25-17(22)14-10-6-7-11-15(14)19-13-8-4-3-5-9-13/h3-11,19H,2,12H2,1H3,(H,20,21,23). The van der Waals surface area contributed by atoms with Crippen molar-refractivity contribution in [1.82, 2.24) is 5.32 Å². The first-order valence-corrected chi connectivity index (χ1v) is 7.65. The van der Waals surface area contributed by atoms with Crippen LogP contribution in [0.4, 0.5) is 16.2 Å². The first-order valence-electron chi connectivity index (χ1n) is 7.65. The predicted molar refractivity (Wildman–Crippen MR) is 91.6 cm³/mol. The number of imide groups is 1. The molecule has 0 atom stereocenters. The first-order chi connectivity index (χ1) is 12.1. The Hall–Kier alpha value is -3.35. The monoisotopic (exact) mass is 342 g/mol. The van der Waals surface area contributed by atoms with Gasteiger partial charge in [-0.05, 0) is 31.2 Å². The first kappa shape index (κ1) is 18.0. The summed E-state index contributed by atoms with van der Waals surface area (Å²) < 4.78 is 9.52. The number of rotatable bonds is 6. The molecule has 0 aromatic heterocycles. The third-order valence-corrected chi connectivity index (χ3v) is 3.05. The fourth-order valence-electron chi connectivity index (χ4n) is 1.97. The number of benzene rings is 2. The Morgan fingerprint density at radius 3 is 2.32 bits per heavy atom. The van der Waals surface area contributed by atoms with Crippen molar-refractivity contribution in [2.45, 2.75) is 6.92 Å². The minimum Gasteiger partial charge on any atom is -0.452 e. The number of carbonyl (C=O) groups excluding carboxylic acids is 3. The number of hydrogen-bond acceptors (Lipinski definition) is 6. The predicted octanol–water partition coefficient (Wildman–Crippen LogP) is 2.86. The van der Waals surface area contributed by atoms with Crippen LogP contribution < -0.4 is 10.6 Å². The van der Waals surface area contributed by atoms with Crippen molar-refractivity contribution in [2.75, 3.05) is 18.5 Å². The number of carbonyl (C=O) groups is 3. The molecular formula is C18H18N2O5. The zero-order valence-electron chi connectivity index (χ0n) is 13.7. The zero-order valence-corrected chi connectivity index (χ0v) is 13.7. The van der Waals surface area contributed by atoms with Gasteiger partial charge in [-0.2, -0.15) is 0 Å². The highest BCUT2D eigenvalue weighted by Crippen LogP contribution is 2.21. The molecule has 0 aliphatic carbocycles. The second-order valence-electron chi connectivity index (χ2n) is 4.88. The summed E-state index contributed by atoms with van der Waals surface area (Å²) in [5, 5.41) is 5.06. The summed E-state index contributed by atoms with van der Waals surface area (Å²) in [5.41, 5.74) is 1.63. The van der Waals surface area contributed by atoms with E-state index in [-0.39, 0.29) is 12.2 Å². The normalized spacial score (nSPS) is 9.80. The Balaban J connectivity index is 1.98. The summed E-state index contributed by atoms with van der Waals surface area (Å²) in [4.78, 5) is 34.9. The molecule has 2 rings (SSSR count). The van der Waals surface area contributed by atoms with E-state index in [0.29, 0.717) is 5.69 Å². The molecule has 0 fully saturated rings. The lowest BCUT2D eigenvalue weighted by molar-refractivity contribution is -0.123. The third kappa shape index (κ3) is 5.65. The molecule has 0 heterocycles. The maximum Gasteiger partial charge on any atom is 0.413 e. The van der Waals surface area contributed by atoms with Crippen molar-refractivity contribution < 1.29 is 23.9 Å². The third-order valence-electron chi connectivity index (χ3n) is 3.05. The summed E-state index contributed by atoms with van der Waals surface area (Å²) in [7, 11) is 0. The van der Waals surface area contributed by atoms with Gasteiger partial charge < -0.3 is 14.8 Å². The molecule has 25 heavy (non-hydrogen) atoms. The molecule has 0 radical (unpaired) electrons. The van der Waals surface area contributed by atoms with E-state index in [9.17, 15) is 14.4 Å². The molecule has 0 aliphatic heterocycles. The van der Waals surface area contributed by atoms with Crippen molar-refractivity contribution in [3.63, 3.8) is 0 Å². The van der Waals surface area contributed by atoms with Gasteiger partial charge in [0.25, 0.3) is 5.91 Å². The van der Waals surface area contributed by atoms with Gasteiger partial charge in [-0.3, -0.25) is 10.1 Å². The second kappa shape index (κ2) is 9.07. The average molecular weight is 342 g/mol. The summed E-state index contributed by atoms with van der Waals surface area (Å²) in [6.07, 6.45) is -0.880. The van der Waals surface area contributed by atoms with Crippen LogP contribution in [-0.4, -0.2) is 31.2 Å². The number of para-hydroxylation sites is 2. The van der Waals surface area contributed by atoms with Gasteiger partial charge in [0.05, 0.1) is 17.9 Å². The van der Waals surface area contributed by atoms with E-state index in [1.54, 1.807) is 31.2 Å². The topological polar surface area (TPSA) is 93.7 Å². The molecule has 2 amide bonds. The number of nitrogens with one attached hydrogen (secondary N) is 2. The van der Waals surface area contributed by atoms with Gasteiger partial charge in [-0.1, -0.05) is 30.3 Å². The molecule has 7 heteroatoms. The number of anilines is 2. The van der Waals surface area contributed by atoms with Crippen LogP contribution in [0.2, 0.25) is 0 Å². The van der Waals surface area contributed by atoms with Crippen LogP contribution in [-0.2, 0) is 14.3 Å². The number of ether oxygens (including phenoxy) is 2. The lowest BCUT2D eigenvalue weighted by atomic mass is 10.1. The van der Waals surface area contributed by atoms with E-state index in [0.717, 1.165) is 5.69 Å². The number of alkyl carbamates (subject to hydrolysis) is 1. The Bertz CT molecular complexity index is 746. The van der Waals surface area contributed by atoms with Gasteiger partial charge >= 0.3 is 12.1 Å². The van der Waals surface area contributed by atoms with Crippen LogP contribution in [0.15, 0.2) is 54.6 Å². The van der Waals surface area contributed by atoms with Crippen molar-refractivity contribution in [1.29, 1.82) is 0 Å². The molecule has 0 spiro atoms. The van der Waals surface area contributed by atoms with Gasteiger partial charge in [0.15, 0.2) is 6.61 Å². The van der Waals surface area contributed by atoms with Crippen molar-refractivity contribution in [2.24, 2.45) is 0 Å². The number of esters is 1. The van der Waals surface area contributed by atoms with Gasteiger partial charge in [-0.15, -0.1) is 0 Å². The lowest BCUT2D eigenvalue weighted by Gasteiger charge is -2.11. The van der Waals surface area contributed by atoms with E-state index < -0.39 is 24.6 Å². The summed E-state index contributed by atoms with van der Waals surface area (Å²) in [6, 6.07) is 16.1. The highest BCUT2D eigenvalue weighted by Gasteiger charge is 2.15. The highest BCUT2D eigenvalue weighted by atomic mass is 16.6. The van der Waals surface area contributed by atoms with Crippen LogP contribution in [0, 0.1) is 0 Å². The lowest BCUT2D eigenvalue weighted by Crippen LogP contribution is -2.34. The van der Waals surface area contributed by atoms with Crippen LogP contribution >= 0.6 is 0 Å². The molecule has 130 valence electrons. The molecule has 0 saturated carbocycles. The van der Waals surface area contributed by atoms with Gasteiger partial charge in [0.2, 0.25) is 0 Å². The summed E-state index contributed by atoms with van der Waals surface area (Å²) in [5.74, 6) is -1.45. The summed E-state index contributed by atoms with van der Waals surface area (Å²) in [6.45, 7) is 1.16. The van der Waals surface area contributed by atoms with E-state index in [1.807, 2.05) is 35.6 Å². The molecule has 0 aliphatic rings. The van der Waals surface area contributed by atoms with E-state index in [4.69, 9.17) is 4.74 Å². The second-order valence-corrected chi connectivity index (χ2v) is 4.88. The fourth-order valence-corrected chi connectivity index (χ4v) is 1.97. The molecular weight excluding hydrogens is 324 g/mol.